The van der Waals surface area contributed by atoms with Gasteiger partial charge < -0.3 is 15.1 Å². The molecule has 0 saturated carbocycles. The maximum absolute atomic E-state index is 12.7. The smallest absolute Gasteiger partial charge is 0.253 e. The van der Waals surface area contributed by atoms with Crippen molar-refractivity contribution in [1.82, 2.24) is 15.2 Å². The molecule has 0 atom stereocenters. The molecule has 1 aliphatic heterocycles. The second-order valence-electron chi connectivity index (χ2n) is 6.04. The highest BCUT2D eigenvalue weighted by atomic mass is 16.2. The van der Waals surface area contributed by atoms with Gasteiger partial charge in [0.15, 0.2) is 0 Å². The Bertz CT molecular complexity index is 766. The molecule has 3 rings (SSSR count). The van der Waals surface area contributed by atoms with Crippen molar-refractivity contribution in [3.05, 3.63) is 72.4 Å². The fourth-order valence-corrected chi connectivity index (χ4v) is 2.89. The standard InChI is InChI=1S/C20H22N4O2/c1-2-10-22-19(25)16-6-8-17(9-7-16)20(26)24-14-12-23(13-15-24)18-5-3-4-11-21-18/h2-9,11H,1,10,12-15H2,(H,22,25). The van der Waals surface area contributed by atoms with E-state index in [-0.39, 0.29) is 11.8 Å². The van der Waals surface area contributed by atoms with Gasteiger partial charge in [-0.1, -0.05) is 12.1 Å². The van der Waals surface area contributed by atoms with E-state index in [0.717, 1.165) is 18.9 Å². The van der Waals surface area contributed by atoms with Gasteiger partial charge in [0, 0.05) is 50.0 Å². The van der Waals surface area contributed by atoms with E-state index in [0.29, 0.717) is 30.8 Å². The Labute approximate surface area is 153 Å². The second kappa shape index (κ2) is 8.29. The molecule has 2 heterocycles. The van der Waals surface area contributed by atoms with Gasteiger partial charge in [-0.2, -0.15) is 0 Å². The Morgan fingerprint density at radius 1 is 1.04 bits per heavy atom. The van der Waals surface area contributed by atoms with Gasteiger partial charge in [0.05, 0.1) is 0 Å². The minimum Gasteiger partial charge on any atom is -0.353 e. The van der Waals surface area contributed by atoms with Crippen LogP contribution in [-0.4, -0.2) is 54.4 Å². The molecule has 1 fully saturated rings. The summed E-state index contributed by atoms with van der Waals surface area (Å²) in [6.07, 6.45) is 3.40. The molecule has 134 valence electrons. The Morgan fingerprint density at radius 2 is 1.73 bits per heavy atom. The Kier molecular flexibility index (Phi) is 5.63. The summed E-state index contributed by atoms with van der Waals surface area (Å²) in [6.45, 7) is 6.79. The quantitative estimate of drug-likeness (QED) is 0.837. The lowest BCUT2D eigenvalue weighted by Crippen LogP contribution is -2.49. The van der Waals surface area contributed by atoms with Crippen molar-refractivity contribution in [2.75, 3.05) is 37.6 Å². The molecule has 0 aliphatic carbocycles. The minimum absolute atomic E-state index is 0.0104. The van der Waals surface area contributed by atoms with Crippen LogP contribution in [-0.2, 0) is 0 Å². The van der Waals surface area contributed by atoms with E-state index in [9.17, 15) is 9.59 Å². The molecule has 0 bridgehead atoms. The van der Waals surface area contributed by atoms with Crippen LogP contribution < -0.4 is 10.2 Å². The van der Waals surface area contributed by atoms with Crippen LogP contribution in [0.2, 0.25) is 0 Å². The van der Waals surface area contributed by atoms with Crippen LogP contribution in [0.25, 0.3) is 0 Å². The van der Waals surface area contributed by atoms with Crippen molar-refractivity contribution in [3.63, 3.8) is 0 Å². The molecule has 2 aromatic rings. The van der Waals surface area contributed by atoms with Crippen LogP contribution in [0.15, 0.2) is 61.3 Å². The number of anilines is 1. The molecule has 2 amide bonds. The van der Waals surface area contributed by atoms with Crippen molar-refractivity contribution in [3.8, 4) is 0 Å². The summed E-state index contributed by atoms with van der Waals surface area (Å²) >= 11 is 0. The van der Waals surface area contributed by atoms with E-state index in [4.69, 9.17) is 0 Å². The van der Waals surface area contributed by atoms with Crippen molar-refractivity contribution in [2.24, 2.45) is 0 Å². The van der Waals surface area contributed by atoms with Crippen LogP contribution in [0.5, 0.6) is 0 Å². The summed E-state index contributed by atoms with van der Waals surface area (Å²) in [5, 5.41) is 2.72. The lowest BCUT2D eigenvalue weighted by molar-refractivity contribution is 0.0746. The van der Waals surface area contributed by atoms with E-state index >= 15 is 0 Å². The van der Waals surface area contributed by atoms with E-state index in [1.807, 2.05) is 23.1 Å². The maximum atomic E-state index is 12.7. The summed E-state index contributed by atoms with van der Waals surface area (Å²) in [5.41, 5.74) is 1.12. The van der Waals surface area contributed by atoms with Gasteiger partial charge in [-0.3, -0.25) is 9.59 Å². The Morgan fingerprint density at radius 3 is 2.35 bits per heavy atom. The number of aromatic nitrogens is 1. The number of carbonyl (C=O) groups is 2. The van der Waals surface area contributed by atoms with E-state index in [1.165, 1.54) is 0 Å². The monoisotopic (exact) mass is 350 g/mol. The number of nitrogens with one attached hydrogen (secondary N) is 1. The predicted molar refractivity (Wildman–Crippen MR) is 101 cm³/mol. The van der Waals surface area contributed by atoms with Crippen molar-refractivity contribution in [2.45, 2.75) is 0 Å². The van der Waals surface area contributed by atoms with E-state index in [2.05, 4.69) is 21.8 Å². The summed E-state index contributed by atoms with van der Waals surface area (Å²) in [4.78, 5) is 32.9. The third-order valence-corrected chi connectivity index (χ3v) is 4.34. The molecule has 6 heteroatoms. The van der Waals surface area contributed by atoms with E-state index in [1.54, 1.807) is 36.5 Å². The van der Waals surface area contributed by atoms with Gasteiger partial charge in [0.25, 0.3) is 11.8 Å². The first-order chi connectivity index (χ1) is 12.7. The molecule has 0 unspecified atom stereocenters. The molecule has 1 aromatic carbocycles. The number of hydrogen-bond donors (Lipinski definition) is 1. The average molecular weight is 350 g/mol. The summed E-state index contributed by atoms with van der Waals surface area (Å²) in [5.74, 6) is 0.756. The number of hydrogen-bond acceptors (Lipinski definition) is 4. The first-order valence-electron chi connectivity index (χ1n) is 8.63. The first kappa shape index (κ1) is 17.7. The fourth-order valence-electron chi connectivity index (χ4n) is 2.89. The minimum atomic E-state index is -0.173. The van der Waals surface area contributed by atoms with Gasteiger partial charge in [0.2, 0.25) is 0 Å². The average Bonchev–Trinajstić information content (AvgIpc) is 2.72. The SMILES string of the molecule is C=CCNC(=O)c1ccc(C(=O)N2CCN(c3ccccn3)CC2)cc1. The number of rotatable bonds is 5. The van der Waals surface area contributed by atoms with Crippen LogP contribution in [0.1, 0.15) is 20.7 Å². The molecule has 6 nitrogen and oxygen atoms in total. The van der Waals surface area contributed by atoms with Crippen molar-refractivity contribution < 1.29 is 9.59 Å². The molecule has 26 heavy (non-hydrogen) atoms. The summed E-state index contributed by atoms with van der Waals surface area (Å²) in [7, 11) is 0. The zero-order valence-electron chi connectivity index (χ0n) is 14.6. The number of nitrogens with zero attached hydrogens (tertiary/aromatic N) is 3. The molecular weight excluding hydrogens is 328 g/mol. The van der Waals surface area contributed by atoms with Crippen molar-refractivity contribution >= 4 is 17.6 Å². The molecule has 1 aromatic heterocycles. The number of benzene rings is 1. The molecule has 0 spiro atoms. The number of pyridine rings is 1. The third-order valence-electron chi connectivity index (χ3n) is 4.34. The first-order valence-corrected chi connectivity index (χ1v) is 8.63. The Hall–Kier alpha value is -3.15. The molecule has 0 radical (unpaired) electrons. The highest BCUT2D eigenvalue weighted by Crippen LogP contribution is 2.15. The number of amides is 2. The summed E-state index contributed by atoms with van der Waals surface area (Å²) in [6, 6.07) is 12.6. The topological polar surface area (TPSA) is 65.5 Å². The second-order valence-corrected chi connectivity index (χ2v) is 6.04. The third kappa shape index (κ3) is 4.08. The Balaban J connectivity index is 1.58. The van der Waals surface area contributed by atoms with Crippen molar-refractivity contribution in [1.29, 1.82) is 0 Å². The normalized spacial score (nSPS) is 14.0. The molecule has 1 saturated heterocycles. The van der Waals surface area contributed by atoms with E-state index < -0.39 is 0 Å². The van der Waals surface area contributed by atoms with Crippen LogP contribution in [0.3, 0.4) is 0 Å². The maximum Gasteiger partial charge on any atom is 0.253 e. The zero-order chi connectivity index (χ0) is 18.4. The van der Waals surface area contributed by atoms with Gasteiger partial charge in [-0.25, -0.2) is 4.98 Å². The van der Waals surface area contributed by atoms with Gasteiger partial charge in [-0.15, -0.1) is 6.58 Å². The summed E-state index contributed by atoms with van der Waals surface area (Å²) < 4.78 is 0. The highest BCUT2D eigenvalue weighted by Gasteiger charge is 2.22. The largest absolute Gasteiger partial charge is 0.353 e. The molecule has 1 aliphatic rings. The van der Waals surface area contributed by atoms with Gasteiger partial charge in [0.1, 0.15) is 5.82 Å². The van der Waals surface area contributed by atoms with Crippen LogP contribution >= 0.6 is 0 Å². The fraction of sp³-hybridized carbons (Fsp3) is 0.250. The number of piperazine rings is 1. The lowest BCUT2D eigenvalue weighted by Gasteiger charge is -2.35. The van der Waals surface area contributed by atoms with Gasteiger partial charge in [-0.05, 0) is 36.4 Å². The predicted octanol–water partition coefficient (Wildman–Crippen LogP) is 1.96. The molecule has 1 N–H and O–H groups in total. The molecular formula is C20H22N4O2. The zero-order valence-corrected chi connectivity index (χ0v) is 14.6. The van der Waals surface area contributed by atoms with Crippen LogP contribution in [0.4, 0.5) is 5.82 Å². The lowest BCUT2D eigenvalue weighted by atomic mass is 10.1. The highest BCUT2D eigenvalue weighted by molar-refractivity contribution is 5.98. The number of carbonyl (C=O) groups excluding carboxylic acids is 2. The van der Waals surface area contributed by atoms with Gasteiger partial charge >= 0.3 is 0 Å². The van der Waals surface area contributed by atoms with Crippen LogP contribution in [0, 0.1) is 0 Å².